The van der Waals surface area contributed by atoms with E-state index in [2.05, 4.69) is 10.6 Å². The van der Waals surface area contributed by atoms with Crippen molar-refractivity contribution in [1.82, 2.24) is 15.5 Å². The average Bonchev–Trinajstić information content (AvgIpc) is 2.94. The molecule has 3 amide bonds. The van der Waals surface area contributed by atoms with Gasteiger partial charge in [0.1, 0.15) is 6.04 Å². The lowest BCUT2D eigenvalue weighted by Crippen LogP contribution is -2.49. The summed E-state index contributed by atoms with van der Waals surface area (Å²) >= 11 is 11.9. The van der Waals surface area contributed by atoms with Gasteiger partial charge in [-0.05, 0) is 43.0 Å². The van der Waals surface area contributed by atoms with Crippen molar-refractivity contribution in [3.8, 4) is 0 Å². The summed E-state index contributed by atoms with van der Waals surface area (Å²) in [5.74, 6) is -0.116. The SMILES string of the molecule is CNC(=O)[C@@H]1CCCN1C(=O)NCCc1cc(Cl)cc(Cl)c1. The first kappa shape index (κ1) is 16.9. The van der Waals surface area contributed by atoms with Crippen molar-refractivity contribution in [2.24, 2.45) is 0 Å². The number of likely N-dealkylation sites (tertiary alicyclic amines) is 1. The Morgan fingerprint density at radius 3 is 2.59 bits per heavy atom. The van der Waals surface area contributed by atoms with E-state index in [0.29, 0.717) is 36.0 Å². The Hall–Kier alpha value is -1.46. The Balaban J connectivity index is 1.86. The van der Waals surface area contributed by atoms with Crippen molar-refractivity contribution in [2.75, 3.05) is 20.1 Å². The van der Waals surface area contributed by atoms with Crippen LogP contribution in [0.4, 0.5) is 4.79 Å². The highest BCUT2D eigenvalue weighted by Crippen LogP contribution is 2.19. The molecule has 1 saturated heterocycles. The van der Waals surface area contributed by atoms with Gasteiger partial charge in [0.2, 0.25) is 5.91 Å². The van der Waals surface area contributed by atoms with Crippen LogP contribution in [0, 0.1) is 0 Å². The molecule has 1 aromatic carbocycles. The number of benzene rings is 1. The van der Waals surface area contributed by atoms with Gasteiger partial charge in [0, 0.05) is 30.2 Å². The third-order valence-corrected chi connectivity index (χ3v) is 4.11. The van der Waals surface area contributed by atoms with Gasteiger partial charge in [-0.2, -0.15) is 0 Å². The Morgan fingerprint density at radius 1 is 1.27 bits per heavy atom. The second kappa shape index (κ2) is 7.70. The molecule has 0 unspecified atom stereocenters. The third-order valence-electron chi connectivity index (χ3n) is 3.67. The molecule has 120 valence electrons. The smallest absolute Gasteiger partial charge is 0.318 e. The molecule has 1 aliphatic heterocycles. The summed E-state index contributed by atoms with van der Waals surface area (Å²) in [5.41, 5.74) is 0.960. The number of rotatable bonds is 4. The lowest BCUT2D eigenvalue weighted by molar-refractivity contribution is -0.124. The highest BCUT2D eigenvalue weighted by Gasteiger charge is 2.33. The van der Waals surface area contributed by atoms with Gasteiger partial charge in [-0.1, -0.05) is 23.2 Å². The fourth-order valence-corrected chi connectivity index (χ4v) is 3.19. The fraction of sp³-hybridized carbons (Fsp3) is 0.467. The first-order chi connectivity index (χ1) is 10.5. The lowest BCUT2D eigenvalue weighted by Gasteiger charge is -2.23. The molecule has 2 rings (SSSR count). The van der Waals surface area contributed by atoms with E-state index >= 15 is 0 Å². The number of carbonyl (C=O) groups excluding carboxylic acids is 2. The van der Waals surface area contributed by atoms with Crippen molar-refractivity contribution in [3.05, 3.63) is 33.8 Å². The van der Waals surface area contributed by atoms with Crippen molar-refractivity contribution in [1.29, 1.82) is 0 Å². The van der Waals surface area contributed by atoms with Crippen molar-refractivity contribution in [3.63, 3.8) is 0 Å². The van der Waals surface area contributed by atoms with Crippen molar-refractivity contribution >= 4 is 35.1 Å². The standard InChI is InChI=1S/C15H19Cl2N3O2/c1-18-14(21)13-3-2-6-20(13)15(22)19-5-4-10-7-11(16)9-12(17)8-10/h7-9,13H,2-6H2,1H3,(H,18,21)(H,19,22)/t13-/m0/s1. The van der Waals surface area contributed by atoms with Crippen LogP contribution in [0.5, 0.6) is 0 Å². The van der Waals surface area contributed by atoms with E-state index in [4.69, 9.17) is 23.2 Å². The van der Waals surface area contributed by atoms with Gasteiger partial charge >= 0.3 is 6.03 Å². The minimum Gasteiger partial charge on any atom is -0.357 e. The maximum atomic E-state index is 12.2. The van der Waals surface area contributed by atoms with E-state index in [0.717, 1.165) is 12.0 Å². The number of urea groups is 1. The van der Waals surface area contributed by atoms with Gasteiger partial charge in [-0.15, -0.1) is 0 Å². The highest BCUT2D eigenvalue weighted by molar-refractivity contribution is 6.34. The molecule has 0 spiro atoms. The van der Waals surface area contributed by atoms with Crippen LogP contribution in [0.25, 0.3) is 0 Å². The summed E-state index contributed by atoms with van der Waals surface area (Å²) in [6, 6.07) is 4.74. The maximum absolute atomic E-state index is 12.2. The van der Waals surface area contributed by atoms with Crippen LogP contribution in [-0.4, -0.2) is 43.0 Å². The van der Waals surface area contributed by atoms with E-state index in [9.17, 15) is 9.59 Å². The molecule has 1 heterocycles. The number of carbonyl (C=O) groups is 2. The molecule has 0 bridgehead atoms. The van der Waals surface area contributed by atoms with Crippen LogP contribution in [-0.2, 0) is 11.2 Å². The molecule has 0 aromatic heterocycles. The van der Waals surface area contributed by atoms with E-state index in [1.165, 1.54) is 0 Å². The zero-order chi connectivity index (χ0) is 16.1. The molecule has 1 atom stereocenters. The van der Waals surface area contributed by atoms with Gasteiger partial charge in [0.15, 0.2) is 0 Å². The first-order valence-electron chi connectivity index (χ1n) is 7.22. The van der Waals surface area contributed by atoms with Gasteiger partial charge in [0.05, 0.1) is 0 Å². The van der Waals surface area contributed by atoms with E-state index in [-0.39, 0.29) is 18.0 Å². The van der Waals surface area contributed by atoms with Crippen LogP contribution in [0.15, 0.2) is 18.2 Å². The number of likely N-dealkylation sites (N-methyl/N-ethyl adjacent to an activating group) is 1. The van der Waals surface area contributed by atoms with Gasteiger partial charge < -0.3 is 15.5 Å². The fourth-order valence-electron chi connectivity index (χ4n) is 2.62. The van der Waals surface area contributed by atoms with E-state index in [1.807, 2.05) is 12.1 Å². The molecule has 0 aliphatic carbocycles. The Morgan fingerprint density at radius 2 is 1.95 bits per heavy atom. The summed E-state index contributed by atoms with van der Waals surface area (Å²) < 4.78 is 0. The molecule has 7 heteroatoms. The van der Waals surface area contributed by atoms with E-state index < -0.39 is 0 Å². The lowest BCUT2D eigenvalue weighted by atomic mass is 10.1. The summed E-state index contributed by atoms with van der Waals surface area (Å²) in [6.45, 7) is 1.07. The molecule has 22 heavy (non-hydrogen) atoms. The summed E-state index contributed by atoms with van der Waals surface area (Å²) in [5, 5.41) is 6.59. The monoisotopic (exact) mass is 343 g/mol. The molecule has 1 aliphatic rings. The number of nitrogens with zero attached hydrogens (tertiary/aromatic N) is 1. The van der Waals surface area contributed by atoms with Gasteiger partial charge in [-0.3, -0.25) is 4.79 Å². The molecular formula is C15H19Cl2N3O2. The van der Waals surface area contributed by atoms with Gasteiger partial charge in [-0.25, -0.2) is 4.79 Å². The van der Waals surface area contributed by atoms with E-state index in [1.54, 1.807) is 18.0 Å². The minimum absolute atomic E-state index is 0.116. The normalized spacial score (nSPS) is 17.4. The maximum Gasteiger partial charge on any atom is 0.318 e. The second-order valence-electron chi connectivity index (χ2n) is 5.23. The average molecular weight is 344 g/mol. The quantitative estimate of drug-likeness (QED) is 0.881. The number of halogens is 2. The molecule has 0 radical (unpaired) electrons. The summed E-state index contributed by atoms with van der Waals surface area (Å²) in [6.07, 6.45) is 2.18. The molecular weight excluding hydrogens is 325 g/mol. The van der Waals surface area contributed by atoms with Gasteiger partial charge in [0.25, 0.3) is 0 Å². The van der Waals surface area contributed by atoms with Crippen LogP contribution >= 0.6 is 23.2 Å². The van der Waals surface area contributed by atoms with Crippen LogP contribution in [0.2, 0.25) is 10.0 Å². The molecule has 5 nitrogen and oxygen atoms in total. The minimum atomic E-state index is -0.370. The molecule has 0 saturated carbocycles. The summed E-state index contributed by atoms with van der Waals surface area (Å²) in [7, 11) is 1.58. The summed E-state index contributed by atoms with van der Waals surface area (Å²) in [4.78, 5) is 25.5. The highest BCUT2D eigenvalue weighted by atomic mass is 35.5. The van der Waals surface area contributed by atoms with Crippen LogP contribution < -0.4 is 10.6 Å². The van der Waals surface area contributed by atoms with Crippen molar-refractivity contribution < 1.29 is 9.59 Å². The van der Waals surface area contributed by atoms with Crippen LogP contribution in [0.3, 0.4) is 0 Å². The topological polar surface area (TPSA) is 61.4 Å². The molecule has 1 aromatic rings. The number of hydrogen-bond donors (Lipinski definition) is 2. The third kappa shape index (κ3) is 4.27. The van der Waals surface area contributed by atoms with Crippen molar-refractivity contribution in [2.45, 2.75) is 25.3 Å². The largest absolute Gasteiger partial charge is 0.357 e. The Bertz CT molecular complexity index is 545. The predicted molar refractivity (Wildman–Crippen MR) is 87.4 cm³/mol. The molecule has 2 N–H and O–H groups in total. The molecule has 1 fully saturated rings. The zero-order valence-electron chi connectivity index (χ0n) is 12.4. The predicted octanol–water partition coefficient (Wildman–Crippen LogP) is 2.46. The van der Waals surface area contributed by atoms with Crippen LogP contribution in [0.1, 0.15) is 18.4 Å². The Kier molecular flexibility index (Phi) is 5.91. The zero-order valence-corrected chi connectivity index (χ0v) is 13.9. The Labute approximate surface area is 139 Å². The second-order valence-corrected chi connectivity index (χ2v) is 6.10. The number of amides is 3. The number of nitrogens with one attached hydrogen (secondary N) is 2. The first-order valence-corrected chi connectivity index (χ1v) is 7.98. The number of hydrogen-bond acceptors (Lipinski definition) is 2.